The van der Waals surface area contributed by atoms with E-state index in [0.29, 0.717) is 18.6 Å². The van der Waals surface area contributed by atoms with Gasteiger partial charge in [0.1, 0.15) is 0 Å². The summed E-state index contributed by atoms with van der Waals surface area (Å²) in [5.41, 5.74) is 0.499. The number of amides is 3. The molecule has 1 fully saturated rings. The van der Waals surface area contributed by atoms with Gasteiger partial charge in [-0.3, -0.25) is 19.3 Å². The molecule has 1 aliphatic heterocycles. The standard InChI is InChI=1S/C28H30N2O4/c1-20(23-15-8-11-21-10-6-7-14-24(21)23)29-25(31)18-28(22-12-4-3-5-13-22)19-26(32)30(27(28)33)16-9-17-34-2/h3-8,10-15,20H,9,16-19H2,1-2H3,(H,29,31)/t20-,28-/m0/s1. The lowest BCUT2D eigenvalue weighted by Crippen LogP contribution is -2.43. The Labute approximate surface area is 199 Å². The Morgan fingerprint density at radius 3 is 2.50 bits per heavy atom. The van der Waals surface area contributed by atoms with Gasteiger partial charge in [-0.25, -0.2) is 0 Å². The Kier molecular flexibility index (Phi) is 7.08. The fraction of sp³-hybridized carbons (Fsp3) is 0.321. The molecule has 6 nitrogen and oxygen atoms in total. The third-order valence-electron chi connectivity index (χ3n) is 6.59. The lowest BCUT2D eigenvalue weighted by molar-refractivity contribution is -0.141. The van der Waals surface area contributed by atoms with Gasteiger partial charge in [0.25, 0.3) is 0 Å². The number of carbonyl (C=O) groups is 3. The Balaban J connectivity index is 1.58. The summed E-state index contributed by atoms with van der Waals surface area (Å²) in [5.74, 6) is -0.822. The maximum absolute atomic E-state index is 13.6. The molecule has 6 heteroatoms. The molecule has 1 N–H and O–H groups in total. The number of hydrogen-bond acceptors (Lipinski definition) is 4. The van der Waals surface area contributed by atoms with Gasteiger partial charge in [0.05, 0.1) is 11.5 Å². The number of nitrogens with one attached hydrogen (secondary N) is 1. The van der Waals surface area contributed by atoms with Crippen molar-refractivity contribution in [3.8, 4) is 0 Å². The number of fused-ring (bicyclic) bond motifs is 1. The maximum Gasteiger partial charge on any atom is 0.240 e. The summed E-state index contributed by atoms with van der Waals surface area (Å²) in [7, 11) is 1.59. The van der Waals surface area contributed by atoms with Gasteiger partial charge in [0, 0.05) is 33.1 Å². The second-order valence-corrected chi connectivity index (χ2v) is 8.86. The smallest absolute Gasteiger partial charge is 0.240 e. The van der Waals surface area contributed by atoms with Gasteiger partial charge >= 0.3 is 0 Å². The molecule has 0 unspecified atom stereocenters. The van der Waals surface area contributed by atoms with E-state index in [1.54, 1.807) is 7.11 Å². The molecule has 0 aliphatic carbocycles. The largest absolute Gasteiger partial charge is 0.385 e. The van der Waals surface area contributed by atoms with Crippen LogP contribution in [0, 0.1) is 0 Å². The van der Waals surface area contributed by atoms with Crippen molar-refractivity contribution in [3.05, 3.63) is 83.9 Å². The SMILES string of the molecule is COCCCN1C(=O)C[C@@](CC(=O)N[C@@H](C)c2cccc3ccccc23)(c2ccccc2)C1=O. The fourth-order valence-corrected chi connectivity index (χ4v) is 4.89. The molecule has 176 valence electrons. The van der Waals surface area contributed by atoms with E-state index in [9.17, 15) is 14.4 Å². The molecule has 3 aromatic carbocycles. The van der Waals surface area contributed by atoms with Crippen LogP contribution in [0.2, 0.25) is 0 Å². The number of hydrogen-bond donors (Lipinski definition) is 1. The van der Waals surface area contributed by atoms with E-state index in [4.69, 9.17) is 4.74 Å². The highest BCUT2D eigenvalue weighted by atomic mass is 16.5. The molecule has 0 bridgehead atoms. The zero-order valence-corrected chi connectivity index (χ0v) is 19.6. The average Bonchev–Trinajstić information content (AvgIpc) is 3.09. The Hall–Kier alpha value is -3.51. The normalized spacial score (nSPS) is 18.9. The van der Waals surface area contributed by atoms with Crippen LogP contribution in [-0.4, -0.2) is 42.9 Å². The summed E-state index contributed by atoms with van der Waals surface area (Å²) in [4.78, 5) is 41.0. The van der Waals surface area contributed by atoms with E-state index in [1.165, 1.54) is 4.90 Å². The van der Waals surface area contributed by atoms with Gasteiger partial charge in [-0.05, 0) is 35.2 Å². The number of carbonyl (C=O) groups excluding carboxylic acids is 3. The summed E-state index contributed by atoms with van der Waals surface area (Å²) >= 11 is 0. The van der Waals surface area contributed by atoms with Crippen LogP contribution < -0.4 is 5.32 Å². The number of rotatable bonds is 9. The van der Waals surface area contributed by atoms with Crippen molar-refractivity contribution in [1.29, 1.82) is 0 Å². The van der Waals surface area contributed by atoms with E-state index in [0.717, 1.165) is 16.3 Å². The lowest BCUT2D eigenvalue weighted by Gasteiger charge is -2.28. The highest BCUT2D eigenvalue weighted by Gasteiger charge is 2.53. The lowest BCUT2D eigenvalue weighted by atomic mass is 9.75. The number of nitrogens with zero attached hydrogens (tertiary/aromatic N) is 1. The van der Waals surface area contributed by atoms with Gasteiger partial charge in [0.2, 0.25) is 17.7 Å². The van der Waals surface area contributed by atoms with Crippen molar-refractivity contribution < 1.29 is 19.1 Å². The number of imide groups is 1. The minimum Gasteiger partial charge on any atom is -0.385 e. The summed E-state index contributed by atoms with van der Waals surface area (Å²) in [6.07, 6.45) is 0.458. The van der Waals surface area contributed by atoms with E-state index in [-0.39, 0.29) is 43.1 Å². The van der Waals surface area contributed by atoms with Gasteiger partial charge in [-0.1, -0.05) is 72.8 Å². The van der Waals surface area contributed by atoms with Gasteiger partial charge < -0.3 is 10.1 Å². The highest BCUT2D eigenvalue weighted by Crippen LogP contribution is 2.40. The predicted molar refractivity (Wildman–Crippen MR) is 131 cm³/mol. The van der Waals surface area contributed by atoms with Crippen molar-refractivity contribution >= 4 is 28.5 Å². The zero-order valence-electron chi connectivity index (χ0n) is 19.6. The average molecular weight is 459 g/mol. The summed E-state index contributed by atoms with van der Waals surface area (Å²) in [6, 6.07) is 23.0. The van der Waals surface area contributed by atoms with Crippen LogP contribution in [0.1, 0.15) is 43.4 Å². The molecule has 0 saturated carbocycles. The molecule has 1 heterocycles. The van der Waals surface area contributed by atoms with Crippen LogP contribution in [0.4, 0.5) is 0 Å². The molecular weight excluding hydrogens is 428 g/mol. The molecule has 34 heavy (non-hydrogen) atoms. The fourth-order valence-electron chi connectivity index (χ4n) is 4.89. The zero-order chi connectivity index (χ0) is 24.1. The van der Waals surface area contributed by atoms with Crippen LogP contribution in [0.3, 0.4) is 0 Å². The molecule has 0 radical (unpaired) electrons. The number of methoxy groups -OCH3 is 1. The van der Waals surface area contributed by atoms with Gasteiger partial charge in [-0.15, -0.1) is 0 Å². The summed E-state index contributed by atoms with van der Waals surface area (Å²) in [6.45, 7) is 2.68. The van der Waals surface area contributed by atoms with Crippen LogP contribution >= 0.6 is 0 Å². The number of likely N-dealkylation sites (tertiary alicyclic amines) is 1. The molecule has 0 spiro atoms. The number of benzene rings is 3. The summed E-state index contributed by atoms with van der Waals surface area (Å²) in [5, 5.41) is 5.25. The number of ether oxygens (including phenoxy) is 1. The van der Waals surface area contributed by atoms with Gasteiger partial charge in [-0.2, -0.15) is 0 Å². The topological polar surface area (TPSA) is 75.7 Å². The van der Waals surface area contributed by atoms with Crippen molar-refractivity contribution in [2.45, 2.75) is 37.6 Å². The molecule has 1 aliphatic rings. The maximum atomic E-state index is 13.6. The third kappa shape index (κ3) is 4.59. The first-order chi connectivity index (χ1) is 16.5. The first-order valence-corrected chi connectivity index (χ1v) is 11.6. The molecule has 3 amide bonds. The van der Waals surface area contributed by atoms with E-state index in [2.05, 4.69) is 5.32 Å². The van der Waals surface area contributed by atoms with E-state index in [1.807, 2.05) is 79.7 Å². The monoisotopic (exact) mass is 458 g/mol. The quantitative estimate of drug-likeness (QED) is 0.386. The van der Waals surface area contributed by atoms with Crippen LogP contribution in [0.25, 0.3) is 10.8 Å². The minimum atomic E-state index is -1.20. The van der Waals surface area contributed by atoms with E-state index < -0.39 is 5.41 Å². The molecule has 2 atom stereocenters. The first kappa shape index (κ1) is 23.6. The van der Waals surface area contributed by atoms with Gasteiger partial charge in [0.15, 0.2) is 0 Å². The molecule has 0 aromatic heterocycles. The van der Waals surface area contributed by atoms with Crippen LogP contribution in [0.15, 0.2) is 72.8 Å². The first-order valence-electron chi connectivity index (χ1n) is 11.6. The Morgan fingerprint density at radius 1 is 1.03 bits per heavy atom. The minimum absolute atomic E-state index is 0.0150. The Morgan fingerprint density at radius 2 is 1.74 bits per heavy atom. The molecular formula is C28H30N2O4. The molecule has 1 saturated heterocycles. The van der Waals surface area contributed by atoms with Crippen LogP contribution in [0.5, 0.6) is 0 Å². The third-order valence-corrected chi connectivity index (χ3v) is 6.59. The second kappa shape index (κ2) is 10.2. The van der Waals surface area contributed by atoms with Crippen molar-refractivity contribution in [1.82, 2.24) is 10.2 Å². The summed E-state index contributed by atoms with van der Waals surface area (Å²) < 4.78 is 5.08. The van der Waals surface area contributed by atoms with Crippen molar-refractivity contribution in [2.24, 2.45) is 0 Å². The Bertz CT molecular complexity index is 1190. The van der Waals surface area contributed by atoms with E-state index >= 15 is 0 Å². The van der Waals surface area contributed by atoms with Crippen LogP contribution in [-0.2, 0) is 24.5 Å². The van der Waals surface area contributed by atoms with Crippen molar-refractivity contribution in [3.63, 3.8) is 0 Å². The van der Waals surface area contributed by atoms with Crippen molar-refractivity contribution in [2.75, 3.05) is 20.3 Å². The molecule has 3 aromatic rings. The highest BCUT2D eigenvalue weighted by molar-refractivity contribution is 6.10. The second-order valence-electron chi connectivity index (χ2n) is 8.86. The molecule has 4 rings (SSSR count). The predicted octanol–water partition coefficient (Wildman–Crippen LogP) is 4.14.